The molecule has 0 bridgehead atoms. The second-order valence-corrected chi connectivity index (χ2v) is 9.14. The Morgan fingerprint density at radius 3 is 2.23 bits per heavy atom. The third kappa shape index (κ3) is 6.78. The average Bonchev–Trinajstić information content (AvgIpc) is 2.58. The van der Waals surface area contributed by atoms with Gasteiger partial charge in [0.05, 0.1) is 5.75 Å². The van der Waals surface area contributed by atoms with E-state index in [0.29, 0.717) is 11.3 Å². The molecule has 5 nitrogen and oxygen atoms in total. The van der Waals surface area contributed by atoms with Crippen LogP contribution in [0.4, 0.5) is 0 Å². The first kappa shape index (κ1) is 20.4. The van der Waals surface area contributed by atoms with E-state index in [9.17, 15) is 13.5 Å². The van der Waals surface area contributed by atoms with Crippen LogP contribution < -0.4 is 9.46 Å². The van der Waals surface area contributed by atoms with Gasteiger partial charge in [-0.3, -0.25) is 0 Å². The number of hydrogen-bond acceptors (Lipinski definition) is 4. The summed E-state index contributed by atoms with van der Waals surface area (Å²) in [5.74, 6) is 0.527. The maximum atomic E-state index is 12.0. The molecular formula is C20H27NO4S. The smallest absolute Gasteiger partial charge is 0.215 e. The van der Waals surface area contributed by atoms with Crippen LogP contribution in [0, 0.1) is 0 Å². The molecule has 0 aliphatic carbocycles. The van der Waals surface area contributed by atoms with Crippen LogP contribution >= 0.6 is 0 Å². The summed E-state index contributed by atoms with van der Waals surface area (Å²) < 4.78 is 32.0. The molecule has 2 aromatic carbocycles. The SMILES string of the molecule is CC(C)(C)c1ccc(OC[C@@H](O)CNS(=O)(=O)Cc2ccccc2)cc1. The normalized spacial score (nSPS) is 13.4. The minimum Gasteiger partial charge on any atom is -0.491 e. The van der Waals surface area contributed by atoms with E-state index in [-0.39, 0.29) is 24.3 Å². The van der Waals surface area contributed by atoms with Gasteiger partial charge in [0.2, 0.25) is 10.0 Å². The second-order valence-electron chi connectivity index (χ2n) is 7.33. The van der Waals surface area contributed by atoms with Gasteiger partial charge < -0.3 is 9.84 Å². The largest absolute Gasteiger partial charge is 0.491 e. The Labute approximate surface area is 156 Å². The van der Waals surface area contributed by atoms with Gasteiger partial charge in [0.1, 0.15) is 18.5 Å². The van der Waals surface area contributed by atoms with E-state index < -0.39 is 16.1 Å². The van der Waals surface area contributed by atoms with Gasteiger partial charge >= 0.3 is 0 Å². The second kappa shape index (κ2) is 8.66. The van der Waals surface area contributed by atoms with E-state index in [0.717, 1.165) is 0 Å². The lowest BCUT2D eigenvalue weighted by molar-refractivity contribution is 0.111. The predicted octanol–water partition coefficient (Wildman–Crippen LogP) is 2.84. The highest BCUT2D eigenvalue weighted by atomic mass is 32.2. The van der Waals surface area contributed by atoms with Gasteiger partial charge in [-0.2, -0.15) is 0 Å². The molecular weight excluding hydrogens is 350 g/mol. The fraction of sp³-hybridized carbons (Fsp3) is 0.400. The van der Waals surface area contributed by atoms with Crippen molar-refractivity contribution in [1.29, 1.82) is 0 Å². The number of sulfonamides is 1. The molecule has 0 saturated heterocycles. The quantitative estimate of drug-likeness (QED) is 0.742. The van der Waals surface area contributed by atoms with Crippen molar-refractivity contribution >= 4 is 10.0 Å². The third-order valence-corrected chi connectivity index (χ3v) is 5.22. The van der Waals surface area contributed by atoms with Gasteiger partial charge in [-0.15, -0.1) is 0 Å². The standard InChI is InChI=1S/C20H27NO4S/c1-20(2,3)17-9-11-19(12-10-17)25-14-18(22)13-21-26(23,24)15-16-7-5-4-6-8-16/h4-12,18,21-22H,13-15H2,1-3H3/t18-/m0/s1. The van der Waals surface area contributed by atoms with Crippen molar-refractivity contribution in [3.63, 3.8) is 0 Å². The van der Waals surface area contributed by atoms with Crippen molar-refractivity contribution in [3.8, 4) is 5.75 Å². The van der Waals surface area contributed by atoms with Crippen LogP contribution in [0.1, 0.15) is 31.9 Å². The first-order valence-electron chi connectivity index (χ1n) is 8.58. The summed E-state index contributed by atoms with van der Waals surface area (Å²) in [5.41, 5.74) is 1.96. The number of aliphatic hydroxyl groups is 1. The highest BCUT2D eigenvalue weighted by Crippen LogP contribution is 2.24. The van der Waals surface area contributed by atoms with E-state index in [4.69, 9.17) is 4.74 Å². The minimum absolute atomic E-state index is 0.0166. The zero-order valence-electron chi connectivity index (χ0n) is 15.5. The number of benzene rings is 2. The van der Waals surface area contributed by atoms with E-state index in [1.54, 1.807) is 24.3 Å². The lowest BCUT2D eigenvalue weighted by atomic mass is 9.87. The summed E-state index contributed by atoms with van der Waals surface area (Å²) in [6, 6.07) is 16.6. The van der Waals surface area contributed by atoms with Crippen LogP contribution in [0.3, 0.4) is 0 Å². The van der Waals surface area contributed by atoms with Crippen LogP contribution in [0.25, 0.3) is 0 Å². The molecule has 0 unspecified atom stereocenters. The highest BCUT2D eigenvalue weighted by Gasteiger charge is 2.15. The molecule has 0 amide bonds. The predicted molar refractivity (Wildman–Crippen MR) is 104 cm³/mol. The van der Waals surface area contributed by atoms with Crippen LogP contribution in [0.2, 0.25) is 0 Å². The topological polar surface area (TPSA) is 75.6 Å². The molecule has 26 heavy (non-hydrogen) atoms. The van der Waals surface area contributed by atoms with Crippen LogP contribution in [-0.2, 0) is 21.2 Å². The summed E-state index contributed by atoms with van der Waals surface area (Å²) in [5, 5.41) is 9.97. The average molecular weight is 378 g/mol. The van der Waals surface area contributed by atoms with Crippen LogP contribution in [-0.4, -0.2) is 32.8 Å². The summed E-state index contributed by atoms with van der Waals surface area (Å²) in [4.78, 5) is 0. The number of aliphatic hydroxyl groups excluding tert-OH is 1. The maximum Gasteiger partial charge on any atom is 0.215 e. The van der Waals surface area contributed by atoms with Gasteiger partial charge in [-0.1, -0.05) is 63.2 Å². The first-order chi connectivity index (χ1) is 12.2. The van der Waals surface area contributed by atoms with Crippen molar-refractivity contribution in [3.05, 3.63) is 65.7 Å². The summed E-state index contributed by atoms with van der Waals surface area (Å²) in [7, 11) is -3.50. The van der Waals surface area contributed by atoms with E-state index in [2.05, 4.69) is 25.5 Å². The van der Waals surface area contributed by atoms with Gasteiger partial charge in [0, 0.05) is 6.54 Å². The molecule has 0 heterocycles. The molecule has 0 saturated carbocycles. The third-order valence-electron chi connectivity index (χ3n) is 3.90. The zero-order valence-corrected chi connectivity index (χ0v) is 16.3. The number of rotatable bonds is 8. The zero-order chi connectivity index (χ0) is 19.2. The van der Waals surface area contributed by atoms with E-state index >= 15 is 0 Å². The molecule has 0 aliphatic rings. The molecule has 0 aromatic heterocycles. The Morgan fingerprint density at radius 1 is 1.04 bits per heavy atom. The fourth-order valence-electron chi connectivity index (χ4n) is 2.37. The van der Waals surface area contributed by atoms with Crippen molar-refractivity contribution < 1.29 is 18.3 Å². The number of ether oxygens (including phenoxy) is 1. The Kier molecular flexibility index (Phi) is 6.81. The van der Waals surface area contributed by atoms with Gasteiger partial charge in [-0.05, 0) is 28.7 Å². The monoisotopic (exact) mass is 377 g/mol. The molecule has 0 aliphatic heterocycles. The molecule has 2 rings (SSSR count). The van der Waals surface area contributed by atoms with Crippen molar-refractivity contribution in [1.82, 2.24) is 4.72 Å². The first-order valence-corrected chi connectivity index (χ1v) is 10.2. The lowest BCUT2D eigenvalue weighted by Gasteiger charge is -2.19. The number of nitrogens with one attached hydrogen (secondary N) is 1. The van der Waals surface area contributed by atoms with Crippen molar-refractivity contribution in [2.24, 2.45) is 0 Å². The highest BCUT2D eigenvalue weighted by molar-refractivity contribution is 7.88. The molecule has 142 valence electrons. The molecule has 0 radical (unpaired) electrons. The van der Waals surface area contributed by atoms with Crippen molar-refractivity contribution in [2.75, 3.05) is 13.2 Å². The van der Waals surface area contributed by atoms with Crippen LogP contribution in [0.15, 0.2) is 54.6 Å². The Bertz CT molecular complexity index is 781. The van der Waals surface area contributed by atoms with E-state index in [1.165, 1.54) is 5.56 Å². The Morgan fingerprint density at radius 2 is 1.65 bits per heavy atom. The van der Waals surface area contributed by atoms with Crippen molar-refractivity contribution in [2.45, 2.75) is 38.0 Å². The Balaban J connectivity index is 1.79. The molecule has 0 fully saturated rings. The Hall–Kier alpha value is -1.89. The summed E-state index contributed by atoms with van der Waals surface area (Å²) in [6.07, 6.45) is -0.928. The summed E-state index contributed by atoms with van der Waals surface area (Å²) in [6.45, 7) is 6.33. The maximum absolute atomic E-state index is 12.0. The van der Waals surface area contributed by atoms with Crippen LogP contribution in [0.5, 0.6) is 5.75 Å². The van der Waals surface area contributed by atoms with Gasteiger partial charge in [0.25, 0.3) is 0 Å². The molecule has 0 spiro atoms. The van der Waals surface area contributed by atoms with E-state index in [1.807, 2.05) is 30.3 Å². The molecule has 1 atom stereocenters. The lowest BCUT2D eigenvalue weighted by Crippen LogP contribution is -2.35. The minimum atomic E-state index is -3.50. The van der Waals surface area contributed by atoms with Gasteiger partial charge in [0.15, 0.2) is 0 Å². The molecule has 2 N–H and O–H groups in total. The molecule has 6 heteroatoms. The fourth-order valence-corrected chi connectivity index (χ4v) is 3.55. The summed E-state index contributed by atoms with van der Waals surface area (Å²) >= 11 is 0. The molecule has 2 aromatic rings. The van der Waals surface area contributed by atoms with Gasteiger partial charge in [-0.25, -0.2) is 13.1 Å². The number of hydrogen-bond donors (Lipinski definition) is 2.